The van der Waals surface area contributed by atoms with Gasteiger partial charge in [-0.2, -0.15) is 13.2 Å². The van der Waals surface area contributed by atoms with E-state index in [9.17, 15) is 40.7 Å². The summed E-state index contributed by atoms with van der Waals surface area (Å²) in [4.78, 5) is 37.0. The maximum Gasteiger partial charge on any atom is 0.471 e. The van der Waals surface area contributed by atoms with Crippen LogP contribution in [0.5, 0.6) is 0 Å². The number of hydrogen-bond acceptors (Lipinski definition) is 3. The predicted molar refractivity (Wildman–Crippen MR) is 146 cm³/mol. The summed E-state index contributed by atoms with van der Waals surface area (Å²) in [7, 11) is 0. The molecule has 3 amide bonds. The van der Waals surface area contributed by atoms with E-state index in [1.165, 1.54) is 18.2 Å². The Labute approximate surface area is 257 Å². The van der Waals surface area contributed by atoms with Gasteiger partial charge in [0.2, 0.25) is 5.91 Å². The van der Waals surface area contributed by atoms with Crippen molar-refractivity contribution < 1.29 is 40.7 Å². The van der Waals surface area contributed by atoms with Gasteiger partial charge >= 0.3 is 12.1 Å². The van der Waals surface area contributed by atoms with Crippen LogP contribution < -0.4 is 16.0 Å². The molecule has 0 saturated heterocycles. The Morgan fingerprint density at radius 1 is 0.810 bits per heavy atom. The second-order valence-electron chi connectivity index (χ2n) is 8.83. The van der Waals surface area contributed by atoms with Gasteiger partial charge in [0.15, 0.2) is 5.82 Å². The number of carbonyl (C=O) groups is 3. The second-order valence-corrected chi connectivity index (χ2v) is 11.5. The van der Waals surface area contributed by atoms with E-state index in [1.807, 2.05) is 5.32 Å². The van der Waals surface area contributed by atoms with Crippen LogP contribution in [0.1, 0.15) is 21.8 Å². The lowest BCUT2D eigenvalue weighted by Gasteiger charge is -2.14. The number of nitrogens with one attached hydrogen (secondary N) is 3. The fourth-order valence-electron chi connectivity index (χ4n) is 4.01. The van der Waals surface area contributed by atoms with E-state index in [4.69, 9.17) is 58.0 Å². The summed E-state index contributed by atoms with van der Waals surface area (Å²) in [6.07, 6.45) is -5.47. The highest BCUT2D eigenvalue weighted by molar-refractivity contribution is 6.53. The molecule has 1 saturated carbocycles. The van der Waals surface area contributed by atoms with Gasteiger partial charge in [-0.3, -0.25) is 14.4 Å². The van der Waals surface area contributed by atoms with E-state index in [2.05, 4.69) is 5.32 Å². The highest BCUT2D eigenvalue weighted by Gasteiger charge is 2.67. The summed E-state index contributed by atoms with van der Waals surface area (Å²) in [5.41, 5.74) is -2.90. The third-order valence-electron chi connectivity index (χ3n) is 5.96. The molecule has 0 aromatic heterocycles. The molecular formula is C25H12Cl5F6N3O3. The van der Waals surface area contributed by atoms with Crippen LogP contribution in [0.3, 0.4) is 0 Å². The Kier molecular flexibility index (Phi) is 8.88. The zero-order valence-corrected chi connectivity index (χ0v) is 23.9. The monoisotopic (exact) mass is 691 g/mol. The first-order valence-electron chi connectivity index (χ1n) is 11.2. The lowest BCUT2D eigenvalue weighted by atomic mass is 10.1. The number of halogens is 11. The fourth-order valence-corrected chi connectivity index (χ4v) is 5.57. The van der Waals surface area contributed by atoms with Crippen molar-refractivity contribution in [3.8, 4) is 0 Å². The van der Waals surface area contributed by atoms with Crippen LogP contribution in [0.15, 0.2) is 42.5 Å². The Morgan fingerprint density at radius 2 is 1.43 bits per heavy atom. The summed E-state index contributed by atoms with van der Waals surface area (Å²) in [5.74, 6) is -11.1. The summed E-state index contributed by atoms with van der Waals surface area (Å²) < 4.78 is 79.4. The number of hydrogen-bond donors (Lipinski definition) is 3. The molecule has 1 aliphatic carbocycles. The zero-order chi connectivity index (χ0) is 31.3. The van der Waals surface area contributed by atoms with Gasteiger partial charge in [-0.1, -0.05) is 34.8 Å². The number of benzene rings is 3. The Hall–Kier alpha value is -2.90. The van der Waals surface area contributed by atoms with Crippen molar-refractivity contribution in [1.82, 2.24) is 0 Å². The molecule has 1 aliphatic rings. The largest absolute Gasteiger partial charge is 0.471 e. The summed E-state index contributed by atoms with van der Waals surface area (Å²) in [6, 6.07) is 7.23. The lowest BCUT2D eigenvalue weighted by molar-refractivity contribution is -0.167. The molecule has 0 unspecified atom stereocenters. The van der Waals surface area contributed by atoms with Crippen LogP contribution >= 0.6 is 58.0 Å². The van der Waals surface area contributed by atoms with Gasteiger partial charge in [-0.15, -0.1) is 23.2 Å². The van der Waals surface area contributed by atoms with E-state index in [-0.39, 0.29) is 15.7 Å². The number of carbonyl (C=O) groups excluding carboxylic acids is 3. The molecule has 0 heterocycles. The van der Waals surface area contributed by atoms with Crippen LogP contribution in [0, 0.1) is 23.4 Å². The van der Waals surface area contributed by atoms with E-state index in [1.54, 1.807) is 0 Å². The molecule has 42 heavy (non-hydrogen) atoms. The van der Waals surface area contributed by atoms with Crippen LogP contribution in [0.25, 0.3) is 0 Å². The summed E-state index contributed by atoms with van der Waals surface area (Å²) in [5, 5.41) is 5.02. The average Bonchev–Trinajstić information content (AvgIpc) is 3.46. The van der Waals surface area contributed by atoms with Crippen LogP contribution in [0.4, 0.5) is 43.4 Å². The van der Waals surface area contributed by atoms with Gasteiger partial charge in [0.25, 0.3) is 5.91 Å². The SMILES string of the molecule is O=C(Nc1ccc(F)c(NC(=O)C(F)(F)F)c1F)c1cc(NC(=O)[C@H]2[C@H](c3cc(Cl)cc(Cl)c3)C2(Cl)Cl)cc(F)c1Cl. The van der Waals surface area contributed by atoms with E-state index >= 15 is 0 Å². The maximum atomic E-state index is 14.7. The van der Waals surface area contributed by atoms with Crippen molar-refractivity contribution >= 4 is 92.8 Å². The fraction of sp³-hybridized carbons (Fsp3) is 0.160. The van der Waals surface area contributed by atoms with Gasteiger partial charge in [0, 0.05) is 21.7 Å². The average molecular weight is 694 g/mol. The Balaban J connectivity index is 1.56. The Morgan fingerprint density at radius 3 is 2.02 bits per heavy atom. The lowest BCUT2D eigenvalue weighted by Crippen LogP contribution is -2.31. The molecule has 0 bridgehead atoms. The van der Waals surface area contributed by atoms with Crippen LogP contribution in [-0.2, 0) is 9.59 Å². The number of anilines is 3. The zero-order valence-electron chi connectivity index (χ0n) is 20.1. The molecule has 17 heteroatoms. The molecule has 6 nitrogen and oxygen atoms in total. The third kappa shape index (κ3) is 6.52. The highest BCUT2D eigenvalue weighted by Crippen LogP contribution is 2.65. The van der Waals surface area contributed by atoms with Crippen LogP contribution in [0.2, 0.25) is 15.1 Å². The molecule has 4 rings (SSSR count). The maximum absolute atomic E-state index is 14.7. The Bertz CT molecular complexity index is 1620. The van der Waals surface area contributed by atoms with Crippen molar-refractivity contribution in [2.24, 2.45) is 5.92 Å². The minimum Gasteiger partial charge on any atom is -0.326 e. The number of amides is 3. The van der Waals surface area contributed by atoms with Crippen LogP contribution in [-0.4, -0.2) is 28.2 Å². The van der Waals surface area contributed by atoms with Gasteiger partial charge in [-0.05, 0) is 48.0 Å². The van der Waals surface area contributed by atoms with E-state index in [0.29, 0.717) is 17.7 Å². The van der Waals surface area contributed by atoms with Crippen molar-refractivity contribution in [3.05, 3.63) is 86.1 Å². The highest BCUT2D eigenvalue weighted by atomic mass is 35.5. The summed E-state index contributed by atoms with van der Waals surface area (Å²) in [6.45, 7) is 0. The molecule has 2 atom stereocenters. The van der Waals surface area contributed by atoms with Gasteiger partial charge in [-0.25, -0.2) is 13.2 Å². The third-order valence-corrected chi connectivity index (χ3v) is 7.72. The van der Waals surface area contributed by atoms with E-state index < -0.39 is 79.5 Å². The first-order chi connectivity index (χ1) is 19.4. The topological polar surface area (TPSA) is 87.3 Å². The van der Waals surface area contributed by atoms with Gasteiger partial charge in [0.05, 0.1) is 22.2 Å². The number of rotatable bonds is 6. The molecule has 3 aromatic carbocycles. The smallest absolute Gasteiger partial charge is 0.326 e. The molecule has 0 spiro atoms. The molecule has 0 aliphatic heterocycles. The number of alkyl halides is 5. The minimum atomic E-state index is -5.47. The molecule has 1 fully saturated rings. The second kappa shape index (κ2) is 11.6. The first-order valence-corrected chi connectivity index (χ1v) is 13.1. The minimum absolute atomic E-state index is 0.260. The van der Waals surface area contributed by atoms with Crippen molar-refractivity contribution in [1.29, 1.82) is 0 Å². The predicted octanol–water partition coefficient (Wildman–Crippen LogP) is 8.34. The summed E-state index contributed by atoms with van der Waals surface area (Å²) >= 11 is 30.5. The molecule has 3 aromatic rings. The van der Waals surface area contributed by atoms with Gasteiger partial charge in [0.1, 0.15) is 21.7 Å². The normalized spacial score (nSPS) is 17.4. The molecule has 3 N–H and O–H groups in total. The molecular weight excluding hydrogens is 682 g/mol. The van der Waals surface area contributed by atoms with Crippen molar-refractivity contribution in [2.45, 2.75) is 16.4 Å². The first kappa shape index (κ1) is 32.0. The quantitative estimate of drug-likeness (QED) is 0.179. The van der Waals surface area contributed by atoms with Crippen molar-refractivity contribution in [2.75, 3.05) is 16.0 Å². The van der Waals surface area contributed by atoms with E-state index in [0.717, 1.165) is 17.4 Å². The molecule has 0 radical (unpaired) electrons. The van der Waals surface area contributed by atoms with Crippen molar-refractivity contribution in [3.63, 3.8) is 0 Å². The molecule has 222 valence electrons. The van der Waals surface area contributed by atoms with Gasteiger partial charge < -0.3 is 16.0 Å². The standard InChI is InChI=1S/C25H12Cl5F6N3O3/c26-9-3-8(4-10(27)5-9)16-17(24(16,29)30)22(41)37-11-6-12(18(28)14(32)7-11)21(40)38-15-2-1-13(31)20(19(15)33)39-23(42)25(34,35)36/h1-7,16-17H,(H,37,41)(H,38,40)(H,39,42)/t16-,17+/m0/s1.